The first-order valence-electron chi connectivity index (χ1n) is 6.99. The SMILES string of the molecule is CN(C)C(=O)N1CC[C@@H](n2c(=O)n(C)c3cccnc32)C1. The summed E-state index contributed by atoms with van der Waals surface area (Å²) in [6.07, 6.45) is 2.46. The summed E-state index contributed by atoms with van der Waals surface area (Å²) in [5, 5.41) is 0. The average molecular weight is 289 g/mol. The molecule has 0 spiro atoms. The van der Waals surface area contributed by atoms with Crippen molar-refractivity contribution in [1.82, 2.24) is 23.9 Å². The van der Waals surface area contributed by atoms with Crippen molar-refractivity contribution in [3.63, 3.8) is 0 Å². The Hall–Kier alpha value is -2.31. The monoisotopic (exact) mass is 289 g/mol. The summed E-state index contributed by atoms with van der Waals surface area (Å²) < 4.78 is 3.33. The van der Waals surface area contributed by atoms with Gasteiger partial charge in [-0.2, -0.15) is 0 Å². The standard InChI is InChI=1S/C14H19N5O2/c1-16(2)13(20)18-8-6-10(9-18)19-12-11(5-4-7-15-12)17(3)14(19)21/h4-5,7,10H,6,8-9H2,1-3H3/t10-/m1/s1. The summed E-state index contributed by atoms with van der Waals surface area (Å²) in [7, 11) is 5.23. The number of likely N-dealkylation sites (tertiary alicyclic amines) is 1. The minimum atomic E-state index is -0.0761. The third-order valence-corrected chi connectivity index (χ3v) is 4.03. The van der Waals surface area contributed by atoms with E-state index in [9.17, 15) is 9.59 Å². The van der Waals surface area contributed by atoms with Crippen LogP contribution in [0.25, 0.3) is 11.2 Å². The van der Waals surface area contributed by atoms with E-state index in [4.69, 9.17) is 0 Å². The fraction of sp³-hybridized carbons (Fsp3) is 0.500. The number of nitrogens with zero attached hydrogens (tertiary/aromatic N) is 5. The Labute approximate surface area is 122 Å². The zero-order chi connectivity index (χ0) is 15.1. The summed E-state index contributed by atoms with van der Waals surface area (Å²) in [6, 6.07) is 3.68. The number of pyridine rings is 1. The maximum Gasteiger partial charge on any atom is 0.330 e. The van der Waals surface area contributed by atoms with Crippen molar-refractivity contribution < 1.29 is 4.79 Å². The Balaban J connectivity index is 1.98. The normalized spacial score (nSPS) is 18.4. The van der Waals surface area contributed by atoms with Gasteiger partial charge >= 0.3 is 11.7 Å². The second kappa shape index (κ2) is 4.91. The predicted octanol–water partition coefficient (Wildman–Crippen LogP) is 0.663. The van der Waals surface area contributed by atoms with Gasteiger partial charge in [-0.3, -0.25) is 9.13 Å². The molecule has 1 saturated heterocycles. The Morgan fingerprint density at radius 2 is 2.19 bits per heavy atom. The van der Waals surface area contributed by atoms with Crippen LogP contribution in [0.2, 0.25) is 0 Å². The van der Waals surface area contributed by atoms with Gasteiger partial charge in [0.2, 0.25) is 0 Å². The molecule has 0 bridgehead atoms. The number of carbonyl (C=O) groups is 1. The van der Waals surface area contributed by atoms with Crippen LogP contribution in [0.5, 0.6) is 0 Å². The van der Waals surface area contributed by atoms with Crippen LogP contribution in [0.3, 0.4) is 0 Å². The van der Waals surface area contributed by atoms with E-state index in [-0.39, 0.29) is 17.8 Å². The molecule has 0 saturated carbocycles. The molecule has 0 N–H and O–H groups in total. The van der Waals surface area contributed by atoms with Crippen molar-refractivity contribution in [2.24, 2.45) is 7.05 Å². The van der Waals surface area contributed by atoms with Crippen molar-refractivity contribution in [1.29, 1.82) is 0 Å². The van der Waals surface area contributed by atoms with Crippen LogP contribution in [-0.2, 0) is 7.05 Å². The van der Waals surface area contributed by atoms with Crippen molar-refractivity contribution in [3.8, 4) is 0 Å². The summed E-state index contributed by atoms with van der Waals surface area (Å²) >= 11 is 0. The van der Waals surface area contributed by atoms with Crippen LogP contribution in [0.1, 0.15) is 12.5 Å². The van der Waals surface area contributed by atoms with Crippen LogP contribution in [0.4, 0.5) is 4.79 Å². The second-order valence-corrected chi connectivity index (χ2v) is 5.62. The molecule has 2 aromatic rings. The molecule has 1 aliphatic heterocycles. The van der Waals surface area contributed by atoms with Crippen LogP contribution in [0, 0.1) is 0 Å². The van der Waals surface area contributed by atoms with Crippen LogP contribution >= 0.6 is 0 Å². The number of fused-ring (bicyclic) bond motifs is 1. The molecule has 112 valence electrons. The zero-order valence-electron chi connectivity index (χ0n) is 12.5. The van der Waals surface area contributed by atoms with E-state index in [1.807, 2.05) is 12.1 Å². The summed E-state index contributed by atoms with van der Waals surface area (Å²) in [6.45, 7) is 1.21. The molecular weight excluding hydrogens is 270 g/mol. The van der Waals surface area contributed by atoms with Gasteiger partial charge in [0.15, 0.2) is 5.65 Å². The van der Waals surface area contributed by atoms with E-state index >= 15 is 0 Å². The van der Waals surface area contributed by atoms with Crippen molar-refractivity contribution >= 4 is 17.2 Å². The molecule has 7 nitrogen and oxygen atoms in total. The second-order valence-electron chi connectivity index (χ2n) is 5.62. The number of urea groups is 1. The first-order valence-corrected chi connectivity index (χ1v) is 6.99. The molecule has 3 heterocycles. The fourth-order valence-corrected chi connectivity index (χ4v) is 2.93. The van der Waals surface area contributed by atoms with Crippen molar-refractivity contribution in [3.05, 3.63) is 28.8 Å². The quantitative estimate of drug-likeness (QED) is 0.775. The van der Waals surface area contributed by atoms with Crippen LogP contribution in [0.15, 0.2) is 23.1 Å². The van der Waals surface area contributed by atoms with Gasteiger partial charge in [0.1, 0.15) is 0 Å². The Morgan fingerprint density at radius 1 is 1.43 bits per heavy atom. The molecule has 2 amide bonds. The molecule has 1 atom stereocenters. The zero-order valence-corrected chi connectivity index (χ0v) is 12.5. The minimum absolute atomic E-state index is 0.0139. The van der Waals surface area contributed by atoms with Gasteiger partial charge in [0, 0.05) is 40.4 Å². The number of carbonyl (C=O) groups excluding carboxylic acids is 1. The minimum Gasteiger partial charge on any atom is -0.331 e. The number of amides is 2. The summed E-state index contributed by atoms with van der Waals surface area (Å²) in [5.41, 5.74) is 1.43. The maximum absolute atomic E-state index is 12.5. The molecule has 0 aliphatic carbocycles. The van der Waals surface area contributed by atoms with E-state index in [0.29, 0.717) is 18.7 Å². The highest BCUT2D eigenvalue weighted by atomic mass is 16.2. The molecule has 3 rings (SSSR count). The number of hydrogen-bond acceptors (Lipinski definition) is 3. The topological polar surface area (TPSA) is 63.4 Å². The summed E-state index contributed by atoms with van der Waals surface area (Å²) in [4.78, 5) is 32.2. The predicted molar refractivity (Wildman–Crippen MR) is 79.3 cm³/mol. The number of rotatable bonds is 1. The van der Waals surface area contributed by atoms with Crippen LogP contribution in [-0.4, -0.2) is 57.1 Å². The lowest BCUT2D eigenvalue weighted by molar-refractivity contribution is 0.180. The third-order valence-electron chi connectivity index (χ3n) is 4.03. The third kappa shape index (κ3) is 2.09. The van der Waals surface area contributed by atoms with E-state index in [1.165, 1.54) is 0 Å². The van der Waals surface area contributed by atoms with Crippen molar-refractivity contribution in [2.75, 3.05) is 27.2 Å². The van der Waals surface area contributed by atoms with Gasteiger partial charge in [-0.25, -0.2) is 14.6 Å². The molecule has 7 heteroatoms. The highest BCUT2D eigenvalue weighted by molar-refractivity contribution is 5.74. The number of aromatic nitrogens is 3. The molecule has 0 radical (unpaired) electrons. The lowest BCUT2D eigenvalue weighted by Gasteiger charge is -2.21. The van der Waals surface area contributed by atoms with Crippen molar-refractivity contribution in [2.45, 2.75) is 12.5 Å². The highest BCUT2D eigenvalue weighted by Crippen LogP contribution is 2.24. The smallest absolute Gasteiger partial charge is 0.330 e. The molecule has 0 unspecified atom stereocenters. The molecule has 2 aromatic heterocycles. The van der Waals surface area contributed by atoms with Gasteiger partial charge in [-0.15, -0.1) is 0 Å². The lowest BCUT2D eigenvalue weighted by Crippen LogP contribution is -2.38. The van der Waals surface area contributed by atoms with E-state index in [0.717, 1.165) is 11.9 Å². The van der Waals surface area contributed by atoms with E-state index < -0.39 is 0 Å². The average Bonchev–Trinajstić information content (AvgIpc) is 3.03. The molecular formula is C14H19N5O2. The Morgan fingerprint density at radius 3 is 2.90 bits per heavy atom. The van der Waals surface area contributed by atoms with Gasteiger partial charge in [0.25, 0.3) is 0 Å². The van der Waals surface area contributed by atoms with E-state index in [1.54, 1.807) is 46.3 Å². The molecule has 21 heavy (non-hydrogen) atoms. The number of hydrogen-bond donors (Lipinski definition) is 0. The molecule has 1 fully saturated rings. The number of imidazole rings is 1. The van der Waals surface area contributed by atoms with Gasteiger partial charge in [0.05, 0.1) is 11.6 Å². The first-order chi connectivity index (χ1) is 10.0. The number of aryl methyl sites for hydroxylation is 1. The van der Waals surface area contributed by atoms with Gasteiger partial charge in [-0.1, -0.05) is 0 Å². The summed E-state index contributed by atoms with van der Waals surface area (Å²) in [5.74, 6) is 0. The Kier molecular flexibility index (Phi) is 3.19. The largest absolute Gasteiger partial charge is 0.331 e. The first kappa shape index (κ1) is 13.7. The van der Waals surface area contributed by atoms with Crippen LogP contribution < -0.4 is 5.69 Å². The van der Waals surface area contributed by atoms with Gasteiger partial charge in [-0.05, 0) is 18.6 Å². The highest BCUT2D eigenvalue weighted by Gasteiger charge is 2.31. The lowest BCUT2D eigenvalue weighted by atomic mass is 10.2. The van der Waals surface area contributed by atoms with Gasteiger partial charge < -0.3 is 9.80 Å². The molecule has 0 aromatic carbocycles. The Bertz CT molecular complexity index is 745. The fourth-order valence-electron chi connectivity index (χ4n) is 2.93. The maximum atomic E-state index is 12.5. The molecule has 1 aliphatic rings. The van der Waals surface area contributed by atoms with E-state index in [2.05, 4.69) is 4.98 Å².